The molecule has 1 aromatic rings. The number of hydrogen-bond donors (Lipinski definition) is 2. The monoisotopic (exact) mass is 318 g/mol. The van der Waals surface area contributed by atoms with Gasteiger partial charge in [-0.05, 0) is 43.3 Å². The molecule has 1 aromatic heterocycles. The predicted molar refractivity (Wildman–Crippen MR) is 80.5 cm³/mol. The van der Waals surface area contributed by atoms with E-state index in [0.717, 1.165) is 31.6 Å². The molecular weight excluding hydrogens is 296 g/mol. The van der Waals surface area contributed by atoms with Gasteiger partial charge in [0.05, 0.1) is 6.10 Å². The summed E-state index contributed by atoms with van der Waals surface area (Å²) < 4.78 is 33.2. The second kappa shape index (κ2) is 7.00. The molecule has 2 N–H and O–H groups in total. The number of ether oxygens (including phenoxy) is 1. The average molecular weight is 318 g/mol. The van der Waals surface area contributed by atoms with Gasteiger partial charge in [-0.2, -0.15) is 0 Å². The average Bonchev–Trinajstić information content (AvgIpc) is 3.07. The van der Waals surface area contributed by atoms with E-state index in [9.17, 15) is 8.42 Å². The van der Waals surface area contributed by atoms with Crippen LogP contribution >= 0.6 is 11.3 Å². The molecule has 2 atom stereocenters. The highest BCUT2D eigenvalue weighted by atomic mass is 32.2. The zero-order chi connectivity index (χ0) is 14.6. The van der Waals surface area contributed by atoms with Crippen LogP contribution in [0.25, 0.3) is 0 Å². The first-order valence-corrected chi connectivity index (χ1v) is 9.31. The van der Waals surface area contributed by atoms with E-state index >= 15 is 0 Å². The van der Waals surface area contributed by atoms with Crippen molar-refractivity contribution in [3.05, 3.63) is 17.0 Å². The van der Waals surface area contributed by atoms with Crippen molar-refractivity contribution in [1.29, 1.82) is 0 Å². The molecule has 7 heteroatoms. The van der Waals surface area contributed by atoms with Crippen molar-refractivity contribution in [2.45, 2.75) is 49.6 Å². The van der Waals surface area contributed by atoms with E-state index in [1.165, 1.54) is 11.3 Å². The van der Waals surface area contributed by atoms with Crippen molar-refractivity contribution in [3.63, 3.8) is 0 Å². The highest BCUT2D eigenvalue weighted by Crippen LogP contribution is 2.22. The summed E-state index contributed by atoms with van der Waals surface area (Å²) in [4.78, 5) is 0. The van der Waals surface area contributed by atoms with Gasteiger partial charge >= 0.3 is 0 Å². The first kappa shape index (κ1) is 15.9. The maximum Gasteiger partial charge on any atom is 0.250 e. The van der Waals surface area contributed by atoms with Crippen LogP contribution in [0.15, 0.2) is 15.7 Å². The van der Waals surface area contributed by atoms with Crippen molar-refractivity contribution in [3.8, 4) is 0 Å². The molecule has 0 amide bonds. The first-order chi connectivity index (χ1) is 9.53. The van der Waals surface area contributed by atoms with Crippen molar-refractivity contribution in [1.82, 2.24) is 10.0 Å². The fourth-order valence-corrected chi connectivity index (χ4v) is 4.73. The molecule has 1 fully saturated rings. The minimum atomic E-state index is -3.44. The summed E-state index contributed by atoms with van der Waals surface area (Å²) in [6.07, 6.45) is 1.91. The number of sulfonamides is 1. The third-order valence-electron chi connectivity index (χ3n) is 3.34. The number of hydrogen-bond acceptors (Lipinski definition) is 5. The van der Waals surface area contributed by atoms with Crippen LogP contribution in [-0.4, -0.2) is 33.7 Å². The van der Waals surface area contributed by atoms with Gasteiger partial charge in [-0.15, -0.1) is 11.3 Å². The van der Waals surface area contributed by atoms with E-state index in [-0.39, 0.29) is 12.1 Å². The zero-order valence-corrected chi connectivity index (χ0v) is 13.5. The summed E-state index contributed by atoms with van der Waals surface area (Å²) in [7, 11) is -3.44. The second-order valence-corrected chi connectivity index (χ2v) is 7.87. The highest BCUT2D eigenvalue weighted by Gasteiger charge is 2.27. The van der Waals surface area contributed by atoms with Crippen LogP contribution in [0.4, 0.5) is 0 Å². The molecule has 0 aromatic carbocycles. The predicted octanol–water partition coefficient (Wildman–Crippen LogP) is 1.70. The van der Waals surface area contributed by atoms with Gasteiger partial charge in [0, 0.05) is 19.2 Å². The van der Waals surface area contributed by atoms with E-state index in [1.54, 1.807) is 6.07 Å². The lowest BCUT2D eigenvalue weighted by molar-refractivity contribution is 0.0902. The Morgan fingerprint density at radius 3 is 3.00 bits per heavy atom. The van der Waals surface area contributed by atoms with E-state index in [0.29, 0.717) is 10.8 Å². The molecule has 5 nitrogen and oxygen atoms in total. The van der Waals surface area contributed by atoms with Gasteiger partial charge in [-0.1, -0.05) is 6.92 Å². The lowest BCUT2D eigenvalue weighted by Gasteiger charge is -2.19. The number of nitrogens with one attached hydrogen (secondary N) is 2. The minimum Gasteiger partial charge on any atom is -0.377 e. The Kier molecular flexibility index (Phi) is 5.57. The fraction of sp³-hybridized carbons (Fsp3) is 0.692. The zero-order valence-electron chi connectivity index (χ0n) is 11.9. The maximum absolute atomic E-state index is 12.3. The lowest BCUT2D eigenvalue weighted by atomic mass is 10.1. The third kappa shape index (κ3) is 4.02. The second-order valence-electron chi connectivity index (χ2n) is 5.02. The molecule has 1 aliphatic heterocycles. The van der Waals surface area contributed by atoms with Crippen molar-refractivity contribution in [2.24, 2.45) is 0 Å². The summed E-state index contributed by atoms with van der Waals surface area (Å²) in [5.74, 6) is 0. The van der Waals surface area contributed by atoms with Gasteiger partial charge in [0.1, 0.15) is 4.21 Å². The Morgan fingerprint density at radius 1 is 1.55 bits per heavy atom. The molecule has 2 unspecified atom stereocenters. The van der Waals surface area contributed by atoms with Crippen molar-refractivity contribution < 1.29 is 13.2 Å². The molecule has 2 heterocycles. The fourth-order valence-electron chi connectivity index (χ4n) is 2.23. The summed E-state index contributed by atoms with van der Waals surface area (Å²) in [5, 5.41) is 5.07. The van der Waals surface area contributed by atoms with Gasteiger partial charge in [-0.3, -0.25) is 0 Å². The van der Waals surface area contributed by atoms with Gasteiger partial charge in [0.2, 0.25) is 10.0 Å². The standard InChI is InChI=1S/C13H22N2O3S2/c1-3-14-8-11-7-13(19-9-11)20(16,17)15-10(2)12-5-4-6-18-12/h7,9-10,12,14-15H,3-6,8H2,1-2H3. The Morgan fingerprint density at radius 2 is 2.35 bits per heavy atom. The molecule has 114 valence electrons. The molecule has 0 saturated carbocycles. The summed E-state index contributed by atoms with van der Waals surface area (Å²) >= 11 is 1.26. The van der Waals surface area contributed by atoms with Crippen LogP contribution < -0.4 is 10.0 Å². The van der Waals surface area contributed by atoms with Crippen LogP contribution in [0, 0.1) is 0 Å². The van der Waals surface area contributed by atoms with Crippen LogP contribution in [0.3, 0.4) is 0 Å². The number of thiophene rings is 1. The van der Waals surface area contributed by atoms with Gasteiger partial charge in [-0.25, -0.2) is 13.1 Å². The quantitative estimate of drug-likeness (QED) is 0.803. The first-order valence-electron chi connectivity index (χ1n) is 6.95. The van der Waals surface area contributed by atoms with E-state index in [1.807, 2.05) is 19.2 Å². The van der Waals surface area contributed by atoms with Gasteiger partial charge in [0.25, 0.3) is 0 Å². The van der Waals surface area contributed by atoms with E-state index < -0.39 is 10.0 Å². The maximum atomic E-state index is 12.3. The van der Waals surface area contributed by atoms with Crippen LogP contribution in [-0.2, 0) is 21.3 Å². The topological polar surface area (TPSA) is 67.4 Å². The largest absolute Gasteiger partial charge is 0.377 e. The highest BCUT2D eigenvalue weighted by molar-refractivity contribution is 7.91. The smallest absolute Gasteiger partial charge is 0.250 e. The Hall–Kier alpha value is -0.470. The normalized spacial score (nSPS) is 21.2. The van der Waals surface area contributed by atoms with Crippen LogP contribution in [0.5, 0.6) is 0 Å². The van der Waals surface area contributed by atoms with Crippen LogP contribution in [0.2, 0.25) is 0 Å². The molecule has 0 aliphatic carbocycles. The molecular formula is C13H22N2O3S2. The summed E-state index contributed by atoms with van der Waals surface area (Å²) in [6.45, 7) is 6.17. The van der Waals surface area contributed by atoms with Gasteiger partial charge in [0.15, 0.2) is 0 Å². The molecule has 0 radical (unpaired) electrons. The summed E-state index contributed by atoms with van der Waals surface area (Å²) in [6, 6.07) is 1.54. The minimum absolute atomic E-state index is 0.00837. The summed E-state index contributed by atoms with van der Waals surface area (Å²) in [5.41, 5.74) is 1.00. The van der Waals surface area contributed by atoms with Crippen molar-refractivity contribution in [2.75, 3.05) is 13.2 Å². The Balaban J connectivity index is 2.00. The number of rotatable bonds is 7. The van der Waals surface area contributed by atoms with E-state index in [2.05, 4.69) is 10.0 Å². The lowest BCUT2D eigenvalue weighted by Crippen LogP contribution is -2.40. The van der Waals surface area contributed by atoms with Crippen LogP contribution in [0.1, 0.15) is 32.3 Å². The van der Waals surface area contributed by atoms with Gasteiger partial charge < -0.3 is 10.1 Å². The van der Waals surface area contributed by atoms with E-state index in [4.69, 9.17) is 4.74 Å². The molecule has 1 aliphatic rings. The third-order valence-corrected chi connectivity index (χ3v) is 6.38. The molecule has 20 heavy (non-hydrogen) atoms. The van der Waals surface area contributed by atoms with Crippen molar-refractivity contribution >= 4 is 21.4 Å². The molecule has 0 spiro atoms. The molecule has 1 saturated heterocycles. The Bertz CT molecular complexity index is 521. The molecule has 0 bridgehead atoms. The SMILES string of the molecule is CCNCc1csc(S(=O)(=O)NC(C)C2CCCO2)c1. The molecule has 2 rings (SSSR count). The Labute approximate surface area is 124 Å².